The summed E-state index contributed by atoms with van der Waals surface area (Å²) in [5.74, 6) is 2.13. The van der Waals surface area contributed by atoms with Crippen LogP contribution in [0.15, 0.2) is 12.2 Å². The molecule has 0 aromatic rings. The number of hydrogen-bond donors (Lipinski definition) is 0. The van der Waals surface area contributed by atoms with Crippen LogP contribution in [0.2, 0.25) is 0 Å². The Bertz CT molecular complexity index is 196. The fourth-order valence-electron chi connectivity index (χ4n) is 3.62. The minimum Gasteiger partial charge on any atom is -0.0885 e. The van der Waals surface area contributed by atoms with Crippen LogP contribution in [0, 0.1) is 11.8 Å². The number of hydrogen-bond acceptors (Lipinski definition) is 0. The van der Waals surface area contributed by atoms with Gasteiger partial charge in [0.15, 0.2) is 0 Å². The van der Waals surface area contributed by atoms with Gasteiger partial charge in [0.05, 0.1) is 0 Å². The number of rotatable bonds is 1. The van der Waals surface area contributed by atoms with Gasteiger partial charge in [-0.25, -0.2) is 0 Å². The highest BCUT2D eigenvalue weighted by atomic mass is 14.3. The van der Waals surface area contributed by atoms with Crippen LogP contribution in [-0.4, -0.2) is 0 Å². The van der Waals surface area contributed by atoms with Crippen molar-refractivity contribution >= 4 is 0 Å². The van der Waals surface area contributed by atoms with Crippen molar-refractivity contribution < 1.29 is 0 Å². The van der Waals surface area contributed by atoms with Gasteiger partial charge in [0.2, 0.25) is 0 Å². The first-order valence-corrected chi connectivity index (χ1v) is 7.62. The van der Waals surface area contributed by atoms with E-state index in [1.165, 1.54) is 77.0 Å². The van der Waals surface area contributed by atoms with Crippen LogP contribution in [0.4, 0.5) is 0 Å². The first-order valence-electron chi connectivity index (χ1n) is 7.62. The molecule has 0 amide bonds. The van der Waals surface area contributed by atoms with E-state index in [9.17, 15) is 0 Å². The monoisotopic (exact) mass is 220 g/mol. The third-order valence-electron chi connectivity index (χ3n) is 4.63. The fourth-order valence-corrected chi connectivity index (χ4v) is 3.62. The van der Waals surface area contributed by atoms with Crippen LogP contribution in [0.5, 0.6) is 0 Å². The average Bonchev–Trinajstić information content (AvgIpc) is 2.18. The molecular weight excluding hydrogens is 192 g/mol. The molecule has 0 radical (unpaired) electrons. The maximum atomic E-state index is 2.43. The molecule has 1 saturated carbocycles. The summed E-state index contributed by atoms with van der Waals surface area (Å²) >= 11 is 0. The molecule has 16 heavy (non-hydrogen) atoms. The van der Waals surface area contributed by atoms with Gasteiger partial charge in [0.1, 0.15) is 0 Å². The van der Waals surface area contributed by atoms with Gasteiger partial charge in [-0.1, -0.05) is 57.1 Å². The zero-order valence-electron chi connectivity index (χ0n) is 10.8. The van der Waals surface area contributed by atoms with Crippen LogP contribution in [0.25, 0.3) is 0 Å². The van der Waals surface area contributed by atoms with Gasteiger partial charge in [0.25, 0.3) is 0 Å². The lowest BCUT2D eigenvalue weighted by Gasteiger charge is -2.29. The Hall–Kier alpha value is -0.260. The highest BCUT2D eigenvalue weighted by Crippen LogP contribution is 2.34. The minimum absolute atomic E-state index is 1.06. The lowest BCUT2D eigenvalue weighted by molar-refractivity contribution is 0.235. The predicted molar refractivity (Wildman–Crippen MR) is 71.5 cm³/mol. The van der Waals surface area contributed by atoms with Crippen molar-refractivity contribution in [3.05, 3.63) is 12.2 Å². The van der Waals surface area contributed by atoms with Gasteiger partial charge >= 0.3 is 0 Å². The second kappa shape index (κ2) is 7.14. The molecule has 0 heteroatoms. The molecular formula is C16H28. The molecule has 2 aliphatic carbocycles. The van der Waals surface area contributed by atoms with Crippen molar-refractivity contribution in [2.24, 2.45) is 11.8 Å². The summed E-state index contributed by atoms with van der Waals surface area (Å²) in [6.07, 6.45) is 22.5. The molecule has 0 nitrogen and oxygen atoms in total. The largest absolute Gasteiger partial charge is 0.0885 e. The third kappa shape index (κ3) is 3.96. The van der Waals surface area contributed by atoms with E-state index in [1.807, 2.05) is 0 Å². The quantitative estimate of drug-likeness (QED) is 0.513. The van der Waals surface area contributed by atoms with Crippen molar-refractivity contribution in [1.82, 2.24) is 0 Å². The van der Waals surface area contributed by atoms with Crippen LogP contribution in [0.1, 0.15) is 77.0 Å². The van der Waals surface area contributed by atoms with Gasteiger partial charge in [-0.15, -0.1) is 0 Å². The summed E-state index contributed by atoms with van der Waals surface area (Å²) in [6.45, 7) is 0. The Morgan fingerprint density at radius 2 is 1.06 bits per heavy atom. The summed E-state index contributed by atoms with van der Waals surface area (Å²) in [4.78, 5) is 0. The molecule has 92 valence electrons. The summed E-state index contributed by atoms with van der Waals surface area (Å²) in [5.41, 5.74) is 0. The van der Waals surface area contributed by atoms with Gasteiger partial charge < -0.3 is 0 Å². The Morgan fingerprint density at radius 1 is 0.500 bits per heavy atom. The molecule has 0 saturated heterocycles. The zero-order chi connectivity index (χ0) is 11.1. The van der Waals surface area contributed by atoms with E-state index in [0.29, 0.717) is 0 Å². The molecule has 0 bridgehead atoms. The Labute approximate surface area is 102 Å². The van der Waals surface area contributed by atoms with E-state index in [-0.39, 0.29) is 0 Å². The predicted octanol–water partition coefficient (Wildman–Crippen LogP) is 5.48. The molecule has 1 fully saturated rings. The molecule has 1 atom stereocenters. The highest BCUT2D eigenvalue weighted by molar-refractivity contribution is 4.86. The standard InChI is InChI=1S/C16H28/c1-3-7-11-15(12-8-4-1)16-13-9-5-2-6-10-14-16/h1,3,15-16H,2,4-14H2/b3-1-. The van der Waals surface area contributed by atoms with Crippen LogP contribution < -0.4 is 0 Å². The molecule has 2 aliphatic rings. The molecule has 0 spiro atoms. The average molecular weight is 220 g/mol. The molecule has 0 heterocycles. The van der Waals surface area contributed by atoms with Gasteiger partial charge in [-0.2, -0.15) is 0 Å². The SMILES string of the molecule is C1=C\CCC(C2CCCCCCC2)CCC/1. The first-order chi connectivity index (χ1) is 7.97. The third-order valence-corrected chi connectivity index (χ3v) is 4.63. The highest BCUT2D eigenvalue weighted by Gasteiger charge is 2.21. The van der Waals surface area contributed by atoms with Gasteiger partial charge in [-0.3, -0.25) is 0 Å². The van der Waals surface area contributed by atoms with Gasteiger partial charge in [0, 0.05) is 0 Å². The molecule has 0 aliphatic heterocycles. The molecule has 0 aromatic carbocycles. The second-order valence-corrected chi connectivity index (χ2v) is 5.84. The van der Waals surface area contributed by atoms with E-state index in [2.05, 4.69) is 12.2 Å². The topological polar surface area (TPSA) is 0 Å². The lowest BCUT2D eigenvalue weighted by atomic mass is 9.77. The van der Waals surface area contributed by atoms with Crippen molar-refractivity contribution in [3.8, 4) is 0 Å². The fraction of sp³-hybridized carbons (Fsp3) is 0.875. The summed E-state index contributed by atoms with van der Waals surface area (Å²) < 4.78 is 0. The van der Waals surface area contributed by atoms with Crippen molar-refractivity contribution in [1.29, 1.82) is 0 Å². The van der Waals surface area contributed by atoms with Crippen molar-refractivity contribution in [3.63, 3.8) is 0 Å². The van der Waals surface area contributed by atoms with E-state index in [0.717, 1.165) is 11.8 Å². The maximum absolute atomic E-state index is 2.43. The normalized spacial score (nSPS) is 32.1. The maximum Gasteiger partial charge on any atom is -0.0348 e. The van der Waals surface area contributed by atoms with E-state index < -0.39 is 0 Å². The molecule has 2 rings (SSSR count). The van der Waals surface area contributed by atoms with Crippen LogP contribution in [-0.2, 0) is 0 Å². The minimum atomic E-state index is 1.06. The first kappa shape index (κ1) is 12.2. The van der Waals surface area contributed by atoms with E-state index in [4.69, 9.17) is 0 Å². The lowest BCUT2D eigenvalue weighted by Crippen LogP contribution is -2.17. The molecule has 0 aromatic heterocycles. The zero-order valence-corrected chi connectivity index (χ0v) is 10.8. The molecule has 1 unspecified atom stereocenters. The smallest absolute Gasteiger partial charge is 0.0348 e. The summed E-state index contributed by atoms with van der Waals surface area (Å²) in [5, 5.41) is 0. The Balaban J connectivity index is 1.84. The summed E-state index contributed by atoms with van der Waals surface area (Å²) in [7, 11) is 0. The Morgan fingerprint density at radius 3 is 1.88 bits per heavy atom. The van der Waals surface area contributed by atoms with Crippen molar-refractivity contribution in [2.45, 2.75) is 77.0 Å². The molecule has 0 N–H and O–H groups in total. The number of allylic oxidation sites excluding steroid dienone is 2. The van der Waals surface area contributed by atoms with E-state index in [1.54, 1.807) is 0 Å². The van der Waals surface area contributed by atoms with Crippen molar-refractivity contribution in [2.75, 3.05) is 0 Å². The van der Waals surface area contributed by atoms with E-state index >= 15 is 0 Å². The Kier molecular flexibility index (Phi) is 5.45. The van der Waals surface area contributed by atoms with Gasteiger partial charge in [-0.05, 0) is 43.9 Å². The summed E-state index contributed by atoms with van der Waals surface area (Å²) in [6, 6.07) is 0. The van der Waals surface area contributed by atoms with Crippen LogP contribution in [0.3, 0.4) is 0 Å². The second-order valence-electron chi connectivity index (χ2n) is 5.84. The van der Waals surface area contributed by atoms with Crippen LogP contribution >= 0.6 is 0 Å².